The van der Waals surface area contributed by atoms with Crippen LogP contribution in [0.4, 0.5) is 4.39 Å². The molecule has 0 rings (SSSR count). The highest BCUT2D eigenvalue weighted by atomic mass is 19.1. The van der Waals surface area contributed by atoms with E-state index in [0.29, 0.717) is 0 Å². The van der Waals surface area contributed by atoms with E-state index in [4.69, 9.17) is 5.11 Å². The van der Waals surface area contributed by atoms with Gasteiger partial charge < -0.3 is 5.11 Å². The van der Waals surface area contributed by atoms with E-state index in [1.165, 1.54) is 0 Å². The van der Waals surface area contributed by atoms with E-state index >= 15 is 0 Å². The molecule has 0 unspecified atom stereocenters. The second kappa shape index (κ2) is 3.10. The molecular weight excluding hydrogens is 139 g/mol. The van der Waals surface area contributed by atoms with Crippen molar-refractivity contribution in [2.24, 2.45) is 0 Å². The normalized spacial score (nSPS) is 12.3. The highest BCUT2D eigenvalue weighted by Crippen LogP contribution is 2.05. The second-order valence-corrected chi connectivity index (χ2v) is 1.80. The largest absolute Gasteiger partial charge is 0.476 e. The van der Waals surface area contributed by atoms with Gasteiger partial charge in [-0.3, -0.25) is 4.79 Å². The maximum atomic E-state index is 12.2. The molecule has 0 aliphatic rings. The lowest BCUT2D eigenvalue weighted by atomic mass is 10.2. The van der Waals surface area contributed by atoms with Crippen LogP contribution < -0.4 is 0 Å². The molecule has 0 atom stereocenters. The molecule has 0 aromatic heterocycles. The molecule has 0 fully saturated rings. The zero-order chi connectivity index (χ0) is 8.31. The predicted molar refractivity (Wildman–Crippen MR) is 32.1 cm³/mol. The molecule has 0 saturated carbocycles. The van der Waals surface area contributed by atoms with Crippen molar-refractivity contribution in [3.63, 3.8) is 0 Å². The number of hydrogen-bond acceptors (Lipinski definition) is 2. The van der Waals surface area contributed by atoms with Crippen molar-refractivity contribution < 1.29 is 19.1 Å². The molecule has 0 aliphatic heterocycles. The van der Waals surface area contributed by atoms with Crippen LogP contribution >= 0.6 is 0 Å². The SMILES string of the molecule is CC(=O)C(C)=C(F)C(=O)O. The lowest BCUT2D eigenvalue weighted by Gasteiger charge is -1.92. The molecule has 0 saturated heterocycles. The molecule has 0 aliphatic carbocycles. The van der Waals surface area contributed by atoms with Crippen molar-refractivity contribution in [2.45, 2.75) is 13.8 Å². The van der Waals surface area contributed by atoms with E-state index in [2.05, 4.69) is 0 Å². The number of carboxylic acids is 1. The van der Waals surface area contributed by atoms with Crippen molar-refractivity contribution in [3.8, 4) is 0 Å². The Morgan fingerprint density at radius 1 is 1.30 bits per heavy atom. The Hall–Kier alpha value is -1.19. The summed E-state index contributed by atoms with van der Waals surface area (Å²) in [6.07, 6.45) is 0. The van der Waals surface area contributed by atoms with Crippen LogP contribution in [-0.2, 0) is 9.59 Å². The van der Waals surface area contributed by atoms with Crippen molar-refractivity contribution >= 4 is 11.8 Å². The molecule has 0 heterocycles. The molecule has 3 nitrogen and oxygen atoms in total. The van der Waals surface area contributed by atoms with Gasteiger partial charge in [0, 0.05) is 5.57 Å². The molecule has 1 N–H and O–H groups in total. The van der Waals surface area contributed by atoms with Crippen molar-refractivity contribution in [1.82, 2.24) is 0 Å². The Morgan fingerprint density at radius 3 is 1.80 bits per heavy atom. The second-order valence-electron chi connectivity index (χ2n) is 1.80. The Labute approximate surface area is 57.2 Å². The molecule has 0 aromatic rings. The van der Waals surface area contributed by atoms with Gasteiger partial charge >= 0.3 is 5.97 Å². The summed E-state index contributed by atoms with van der Waals surface area (Å²) in [7, 11) is 0. The minimum absolute atomic E-state index is 0.354. The topological polar surface area (TPSA) is 54.4 Å². The molecule has 0 bridgehead atoms. The van der Waals surface area contributed by atoms with Gasteiger partial charge in [-0.15, -0.1) is 0 Å². The number of rotatable bonds is 2. The maximum absolute atomic E-state index is 12.2. The van der Waals surface area contributed by atoms with Gasteiger partial charge in [0.05, 0.1) is 0 Å². The molecule has 0 aromatic carbocycles. The molecular formula is C6H7FO3. The quantitative estimate of drug-likeness (QED) is 0.589. The number of hydrogen-bond donors (Lipinski definition) is 1. The maximum Gasteiger partial charge on any atom is 0.365 e. The summed E-state index contributed by atoms with van der Waals surface area (Å²) in [5.74, 6) is -3.65. The first kappa shape index (κ1) is 8.81. The number of halogens is 1. The molecule has 0 radical (unpaired) electrons. The summed E-state index contributed by atoms with van der Waals surface area (Å²) < 4.78 is 12.2. The third kappa shape index (κ3) is 1.97. The van der Waals surface area contributed by atoms with Crippen LogP contribution in [0, 0.1) is 0 Å². The fraction of sp³-hybridized carbons (Fsp3) is 0.333. The van der Waals surface area contributed by atoms with Gasteiger partial charge in [-0.25, -0.2) is 4.79 Å². The zero-order valence-corrected chi connectivity index (χ0v) is 5.64. The van der Waals surface area contributed by atoms with E-state index in [1.54, 1.807) is 0 Å². The first-order valence-corrected chi connectivity index (χ1v) is 2.57. The third-order valence-electron chi connectivity index (χ3n) is 1.05. The van der Waals surface area contributed by atoms with E-state index in [0.717, 1.165) is 13.8 Å². The van der Waals surface area contributed by atoms with Crippen LogP contribution in [0.3, 0.4) is 0 Å². The van der Waals surface area contributed by atoms with Gasteiger partial charge in [0.2, 0.25) is 5.83 Å². The summed E-state index contributed by atoms with van der Waals surface area (Å²) >= 11 is 0. The van der Waals surface area contributed by atoms with Gasteiger partial charge in [0.1, 0.15) is 0 Å². The van der Waals surface area contributed by atoms with Crippen LogP contribution in [0.2, 0.25) is 0 Å². The standard InChI is InChI=1S/C6H7FO3/c1-3(4(2)8)5(7)6(9)10/h1-2H3,(H,9,10). The number of carboxylic acid groups (broad SMARTS) is 1. The van der Waals surface area contributed by atoms with Gasteiger partial charge in [-0.05, 0) is 13.8 Å². The number of Topliss-reactive ketones (excluding diaryl/α,β-unsaturated/α-hetero) is 1. The highest BCUT2D eigenvalue weighted by Gasteiger charge is 2.12. The lowest BCUT2D eigenvalue weighted by molar-refractivity contribution is -0.134. The number of allylic oxidation sites excluding steroid dienone is 1. The fourth-order valence-corrected chi connectivity index (χ4v) is 0.315. The van der Waals surface area contributed by atoms with Gasteiger partial charge in [-0.1, -0.05) is 0 Å². The van der Waals surface area contributed by atoms with Crippen LogP contribution in [0.5, 0.6) is 0 Å². The van der Waals surface area contributed by atoms with Crippen LogP contribution in [-0.4, -0.2) is 16.9 Å². The van der Waals surface area contributed by atoms with Gasteiger partial charge in [0.15, 0.2) is 5.78 Å². The molecule has 10 heavy (non-hydrogen) atoms. The average Bonchev–Trinajstić information content (AvgIpc) is 1.84. The smallest absolute Gasteiger partial charge is 0.365 e. The summed E-state index contributed by atoms with van der Waals surface area (Å²) in [6, 6.07) is 0. The van der Waals surface area contributed by atoms with Crippen LogP contribution in [0.15, 0.2) is 11.4 Å². The van der Waals surface area contributed by atoms with E-state index < -0.39 is 17.6 Å². The molecule has 0 amide bonds. The number of aliphatic carboxylic acids is 1. The number of carbonyl (C=O) groups excluding carboxylic acids is 1. The Balaban J connectivity index is 4.67. The Morgan fingerprint density at radius 2 is 1.70 bits per heavy atom. The third-order valence-corrected chi connectivity index (χ3v) is 1.05. The van der Waals surface area contributed by atoms with Crippen LogP contribution in [0.25, 0.3) is 0 Å². The highest BCUT2D eigenvalue weighted by molar-refractivity contribution is 6.00. The van der Waals surface area contributed by atoms with E-state index in [9.17, 15) is 14.0 Å². The monoisotopic (exact) mass is 146 g/mol. The Bertz CT molecular complexity index is 183. The summed E-state index contributed by atoms with van der Waals surface area (Å²) in [6.45, 7) is 2.24. The molecule has 56 valence electrons. The summed E-state index contributed by atoms with van der Waals surface area (Å²) in [5, 5.41) is 8.02. The first-order chi connectivity index (χ1) is 4.46. The van der Waals surface area contributed by atoms with Crippen molar-refractivity contribution in [3.05, 3.63) is 11.4 Å². The lowest BCUT2D eigenvalue weighted by Crippen LogP contribution is -2.03. The van der Waals surface area contributed by atoms with Crippen molar-refractivity contribution in [1.29, 1.82) is 0 Å². The van der Waals surface area contributed by atoms with Crippen molar-refractivity contribution in [2.75, 3.05) is 0 Å². The number of ketones is 1. The average molecular weight is 146 g/mol. The molecule has 4 heteroatoms. The molecule has 0 spiro atoms. The minimum atomic E-state index is -1.70. The van der Waals surface area contributed by atoms with E-state index in [-0.39, 0.29) is 5.57 Å². The van der Waals surface area contributed by atoms with Gasteiger partial charge in [-0.2, -0.15) is 4.39 Å². The van der Waals surface area contributed by atoms with Gasteiger partial charge in [0.25, 0.3) is 0 Å². The fourth-order valence-electron chi connectivity index (χ4n) is 0.315. The van der Waals surface area contributed by atoms with Crippen LogP contribution in [0.1, 0.15) is 13.8 Å². The first-order valence-electron chi connectivity index (χ1n) is 2.57. The number of carbonyl (C=O) groups is 2. The zero-order valence-electron chi connectivity index (χ0n) is 5.64. The summed E-state index contributed by atoms with van der Waals surface area (Å²) in [4.78, 5) is 20.2. The minimum Gasteiger partial charge on any atom is -0.476 e. The Kier molecular flexibility index (Phi) is 2.73. The van der Waals surface area contributed by atoms with E-state index in [1.807, 2.05) is 0 Å². The predicted octanol–water partition coefficient (Wildman–Crippen LogP) is 0.903. The summed E-state index contributed by atoms with van der Waals surface area (Å²) in [5.41, 5.74) is -0.354.